The molecule has 3 aromatic carbocycles. The number of carbonyl (C=O) groups excluding carboxylic acids is 2. The molecule has 228 valence electrons. The highest BCUT2D eigenvalue weighted by molar-refractivity contribution is 7.92. The number of anilines is 1. The van der Waals surface area contributed by atoms with E-state index in [4.69, 9.17) is 9.84 Å². The highest BCUT2D eigenvalue weighted by atomic mass is 32.2. The van der Waals surface area contributed by atoms with E-state index in [2.05, 4.69) is 10.6 Å². The zero-order valence-electron chi connectivity index (χ0n) is 22.6. The second-order valence-corrected chi connectivity index (χ2v) is 11.8. The van der Waals surface area contributed by atoms with Crippen molar-refractivity contribution in [3.63, 3.8) is 0 Å². The molecule has 9 nitrogen and oxygen atoms in total. The average molecular weight is 623 g/mol. The van der Waals surface area contributed by atoms with Gasteiger partial charge in [-0.25, -0.2) is 12.8 Å². The van der Waals surface area contributed by atoms with Crippen molar-refractivity contribution in [2.75, 3.05) is 12.4 Å². The molecule has 2 atom stereocenters. The Kier molecular flexibility index (Phi) is 9.09. The predicted molar refractivity (Wildman–Crippen MR) is 147 cm³/mol. The molecular weight excluding hydrogens is 596 g/mol. The standard InChI is InChI=1S/C29H26F4N2O7S/c1-42-25-15-23(30)21(17-6-2-5-16(11-17)12-26(36)37)14-22(25)28(39)35-24-10-4-9-20(24)27(38)34-18-7-3-8-19(13-18)43(40,41)29(31,32)33/h2-3,5-8,11,13-15,20,24H,4,9-10,12H2,1H3,(H,34,38)(H,35,39)(H,36,37)/t20-,24+/m0/s1. The average Bonchev–Trinajstić information content (AvgIpc) is 3.40. The van der Waals surface area contributed by atoms with Gasteiger partial charge in [-0.2, -0.15) is 13.2 Å². The Bertz CT molecular complexity index is 1680. The fourth-order valence-electron chi connectivity index (χ4n) is 4.95. The fraction of sp³-hybridized carbons (Fsp3) is 0.276. The first kappa shape index (κ1) is 31.5. The lowest BCUT2D eigenvalue weighted by atomic mass is 9.98. The van der Waals surface area contributed by atoms with E-state index in [9.17, 15) is 36.0 Å². The zero-order chi connectivity index (χ0) is 31.5. The maximum absolute atomic E-state index is 15.0. The van der Waals surface area contributed by atoms with Crippen molar-refractivity contribution in [1.29, 1.82) is 0 Å². The lowest BCUT2D eigenvalue weighted by molar-refractivity contribution is -0.136. The van der Waals surface area contributed by atoms with Crippen LogP contribution >= 0.6 is 0 Å². The number of hydrogen-bond donors (Lipinski definition) is 3. The smallest absolute Gasteiger partial charge is 0.496 e. The zero-order valence-corrected chi connectivity index (χ0v) is 23.4. The van der Waals surface area contributed by atoms with Gasteiger partial charge in [0.25, 0.3) is 15.7 Å². The van der Waals surface area contributed by atoms with Crippen LogP contribution in [0.15, 0.2) is 65.6 Å². The molecule has 3 aromatic rings. The molecule has 0 saturated heterocycles. The second-order valence-electron chi connectivity index (χ2n) is 9.89. The highest BCUT2D eigenvalue weighted by Crippen LogP contribution is 2.34. The van der Waals surface area contributed by atoms with Gasteiger partial charge in [0.1, 0.15) is 11.6 Å². The number of rotatable bonds is 9. The third kappa shape index (κ3) is 6.96. The number of halogens is 4. The van der Waals surface area contributed by atoms with Gasteiger partial charge >= 0.3 is 11.5 Å². The first-order valence-electron chi connectivity index (χ1n) is 12.9. The Morgan fingerprint density at radius 3 is 2.42 bits per heavy atom. The Morgan fingerprint density at radius 1 is 1.02 bits per heavy atom. The summed E-state index contributed by atoms with van der Waals surface area (Å²) in [6.07, 6.45) is 0.972. The Hall–Kier alpha value is -4.46. The lowest BCUT2D eigenvalue weighted by Crippen LogP contribution is -2.42. The van der Waals surface area contributed by atoms with Gasteiger partial charge in [-0.05, 0) is 48.2 Å². The number of benzene rings is 3. The van der Waals surface area contributed by atoms with E-state index >= 15 is 4.39 Å². The summed E-state index contributed by atoms with van der Waals surface area (Å²) in [6.45, 7) is 0. The van der Waals surface area contributed by atoms with Crippen LogP contribution < -0.4 is 15.4 Å². The monoisotopic (exact) mass is 622 g/mol. The summed E-state index contributed by atoms with van der Waals surface area (Å²) in [5, 5.41) is 14.3. The van der Waals surface area contributed by atoms with Crippen LogP contribution in [0.4, 0.5) is 23.2 Å². The van der Waals surface area contributed by atoms with Crippen molar-refractivity contribution in [2.24, 2.45) is 5.92 Å². The molecule has 0 bridgehead atoms. The molecule has 43 heavy (non-hydrogen) atoms. The summed E-state index contributed by atoms with van der Waals surface area (Å²) in [5.41, 5.74) is -4.94. The van der Waals surface area contributed by atoms with Crippen molar-refractivity contribution in [2.45, 2.75) is 42.1 Å². The molecule has 0 heterocycles. The molecule has 1 aliphatic carbocycles. The van der Waals surface area contributed by atoms with Crippen LogP contribution in [0.2, 0.25) is 0 Å². The van der Waals surface area contributed by atoms with Crippen LogP contribution in [0.3, 0.4) is 0 Å². The lowest BCUT2D eigenvalue weighted by Gasteiger charge is -2.22. The number of carboxylic acid groups (broad SMARTS) is 1. The number of methoxy groups -OCH3 is 1. The largest absolute Gasteiger partial charge is 0.501 e. The quantitative estimate of drug-likeness (QED) is 0.287. The number of carbonyl (C=O) groups is 3. The van der Waals surface area contributed by atoms with E-state index < -0.39 is 55.8 Å². The first-order chi connectivity index (χ1) is 20.2. The molecule has 3 N–H and O–H groups in total. The van der Waals surface area contributed by atoms with Gasteiger partial charge in [0.05, 0.1) is 29.9 Å². The van der Waals surface area contributed by atoms with Gasteiger partial charge in [0.15, 0.2) is 0 Å². The summed E-state index contributed by atoms with van der Waals surface area (Å²) in [6, 6.07) is 11.6. The number of sulfone groups is 1. The molecule has 0 radical (unpaired) electrons. The van der Waals surface area contributed by atoms with Crippen LogP contribution in [-0.2, 0) is 25.8 Å². The Labute approximate surface area is 243 Å². The summed E-state index contributed by atoms with van der Waals surface area (Å²) in [7, 11) is -4.38. The summed E-state index contributed by atoms with van der Waals surface area (Å²) >= 11 is 0. The number of ether oxygens (including phenoxy) is 1. The SMILES string of the molecule is COc1cc(F)c(-c2cccc(CC(=O)O)c2)cc1C(=O)N[C@@H]1CCC[C@@H]1C(=O)Nc1cccc(S(=O)(=O)C(F)(F)F)c1. The van der Waals surface area contributed by atoms with Crippen LogP contribution in [0.5, 0.6) is 5.75 Å². The number of nitrogens with one attached hydrogen (secondary N) is 2. The normalized spacial score (nSPS) is 16.9. The maximum atomic E-state index is 15.0. The van der Waals surface area contributed by atoms with Crippen molar-refractivity contribution in [3.05, 3.63) is 77.6 Å². The van der Waals surface area contributed by atoms with Crippen molar-refractivity contribution < 1.29 is 50.2 Å². The van der Waals surface area contributed by atoms with Gasteiger partial charge in [-0.15, -0.1) is 0 Å². The van der Waals surface area contributed by atoms with Crippen LogP contribution in [-0.4, -0.2) is 50.0 Å². The summed E-state index contributed by atoms with van der Waals surface area (Å²) < 4.78 is 82.7. The third-order valence-corrected chi connectivity index (χ3v) is 8.50. The molecule has 1 aliphatic rings. The molecule has 0 spiro atoms. The molecule has 0 aliphatic heterocycles. The number of hydrogen-bond acceptors (Lipinski definition) is 6. The fourth-order valence-corrected chi connectivity index (χ4v) is 5.76. The Morgan fingerprint density at radius 2 is 1.74 bits per heavy atom. The van der Waals surface area contributed by atoms with E-state index in [1.54, 1.807) is 18.2 Å². The molecule has 1 fully saturated rings. The molecule has 14 heteroatoms. The van der Waals surface area contributed by atoms with E-state index in [0.717, 1.165) is 18.2 Å². The van der Waals surface area contributed by atoms with Crippen LogP contribution in [0.1, 0.15) is 35.2 Å². The molecule has 2 amide bonds. The topological polar surface area (TPSA) is 139 Å². The van der Waals surface area contributed by atoms with Crippen molar-refractivity contribution in [1.82, 2.24) is 5.32 Å². The van der Waals surface area contributed by atoms with E-state index in [1.165, 1.54) is 25.3 Å². The van der Waals surface area contributed by atoms with Crippen molar-refractivity contribution >= 4 is 33.3 Å². The van der Waals surface area contributed by atoms with Gasteiger partial charge in [-0.3, -0.25) is 14.4 Å². The van der Waals surface area contributed by atoms with Gasteiger partial charge in [-0.1, -0.05) is 36.8 Å². The molecule has 0 unspecified atom stereocenters. The molecule has 4 rings (SSSR count). The van der Waals surface area contributed by atoms with Gasteiger partial charge < -0.3 is 20.5 Å². The maximum Gasteiger partial charge on any atom is 0.501 e. The minimum Gasteiger partial charge on any atom is -0.496 e. The molecular formula is C29H26F4N2O7S. The van der Waals surface area contributed by atoms with E-state index in [-0.39, 0.29) is 29.0 Å². The third-order valence-electron chi connectivity index (χ3n) is 7.01. The van der Waals surface area contributed by atoms with Gasteiger partial charge in [0, 0.05) is 23.4 Å². The summed E-state index contributed by atoms with van der Waals surface area (Å²) in [5.74, 6) is -3.97. The first-order valence-corrected chi connectivity index (χ1v) is 14.4. The molecule has 0 aromatic heterocycles. The predicted octanol–water partition coefficient (Wildman–Crippen LogP) is 4.96. The Balaban J connectivity index is 1.54. The molecule has 1 saturated carbocycles. The van der Waals surface area contributed by atoms with Crippen LogP contribution in [0.25, 0.3) is 11.1 Å². The minimum absolute atomic E-state index is 0.0209. The van der Waals surface area contributed by atoms with Crippen LogP contribution in [0, 0.1) is 11.7 Å². The number of amides is 2. The number of aliphatic carboxylic acids is 1. The minimum atomic E-state index is -5.63. The summed E-state index contributed by atoms with van der Waals surface area (Å²) in [4.78, 5) is 36.5. The van der Waals surface area contributed by atoms with E-state index in [1.807, 2.05) is 0 Å². The highest BCUT2D eigenvalue weighted by Gasteiger charge is 2.47. The van der Waals surface area contributed by atoms with Crippen molar-refractivity contribution in [3.8, 4) is 16.9 Å². The van der Waals surface area contributed by atoms with Gasteiger partial charge in [0.2, 0.25) is 5.91 Å². The van der Waals surface area contributed by atoms with E-state index in [0.29, 0.717) is 36.5 Å². The number of carboxylic acids is 1. The second kappa shape index (κ2) is 12.4. The number of alkyl halides is 3.